The molecule has 2 heterocycles. The van der Waals surface area contributed by atoms with Crippen molar-refractivity contribution in [2.24, 2.45) is 0 Å². The Labute approximate surface area is 186 Å². The lowest BCUT2D eigenvalue weighted by Gasteiger charge is -2.14. The molecule has 0 atom stereocenters. The molecule has 6 nitrogen and oxygen atoms in total. The van der Waals surface area contributed by atoms with E-state index >= 15 is 0 Å². The van der Waals surface area contributed by atoms with Crippen molar-refractivity contribution in [3.05, 3.63) is 81.9 Å². The second-order valence-electron chi connectivity index (χ2n) is 7.93. The van der Waals surface area contributed by atoms with E-state index in [1.165, 1.54) is 7.11 Å². The maximum atomic E-state index is 12.0. The van der Waals surface area contributed by atoms with E-state index in [0.717, 1.165) is 44.8 Å². The van der Waals surface area contributed by atoms with Gasteiger partial charge < -0.3 is 14.3 Å². The zero-order chi connectivity index (χ0) is 23.0. The van der Waals surface area contributed by atoms with Crippen molar-refractivity contribution < 1.29 is 9.53 Å². The van der Waals surface area contributed by atoms with Crippen LogP contribution in [-0.2, 0) is 4.74 Å². The molecule has 0 aliphatic carbocycles. The van der Waals surface area contributed by atoms with E-state index in [9.17, 15) is 10.1 Å². The quantitative estimate of drug-likeness (QED) is 0.349. The summed E-state index contributed by atoms with van der Waals surface area (Å²) in [5.74, 6) is 0.169. The zero-order valence-corrected chi connectivity index (χ0v) is 18.8. The first-order chi connectivity index (χ1) is 15.3. The average Bonchev–Trinajstić information content (AvgIpc) is 3.31. The number of fused-ring (bicyclic) bond motifs is 1. The molecule has 4 aromatic rings. The predicted molar refractivity (Wildman–Crippen MR) is 126 cm³/mol. The highest BCUT2D eigenvalue weighted by molar-refractivity contribution is 5.91. The first kappa shape index (κ1) is 21.1. The Kier molecular flexibility index (Phi) is 5.41. The average molecular weight is 425 g/mol. The Morgan fingerprint density at radius 2 is 1.91 bits per heavy atom. The van der Waals surface area contributed by atoms with Crippen LogP contribution in [0.1, 0.15) is 44.3 Å². The topological polar surface area (TPSA) is 83.7 Å². The Hall–Kier alpha value is -4.11. The molecule has 32 heavy (non-hydrogen) atoms. The van der Waals surface area contributed by atoms with Gasteiger partial charge in [0.25, 0.3) is 0 Å². The van der Waals surface area contributed by atoms with Crippen molar-refractivity contribution in [1.29, 1.82) is 5.26 Å². The van der Waals surface area contributed by atoms with Gasteiger partial charge in [0, 0.05) is 17.1 Å². The molecule has 0 saturated heterocycles. The standard InChI is InChI=1S/C26H24N4O2/c1-15-6-9-22-23(10-15)29-25(28-22)21(14-27)12-20-11-17(3)30(18(20)4)24-13-19(26(31)32-5)8-7-16(24)2/h6-13H,1-5H3,(H,28,29). The van der Waals surface area contributed by atoms with Gasteiger partial charge in [-0.1, -0.05) is 12.1 Å². The fraction of sp³-hybridized carbons (Fsp3) is 0.192. The number of esters is 1. The molecule has 1 N–H and O–H groups in total. The monoisotopic (exact) mass is 424 g/mol. The Balaban J connectivity index is 1.81. The lowest BCUT2D eigenvalue weighted by molar-refractivity contribution is 0.0600. The molecule has 0 aliphatic rings. The summed E-state index contributed by atoms with van der Waals surface area (Å²) < 4.78 is 6.96. The third-order valence-corrected chi connectivity index (χ3v) is 5.65. The lowest BCUT2D eigenvalue weighted by atomic mass is 10.1. The number of aromatic nitrogens is 3. The lowest BCUT2D eigenvalue weighted by Crippen LogP contribution is -2.06. The predicted octanol–water partition coefficient (Wildman–Crippen LogP) is 5.44. The van der Waals surface area contributed by atoms with Crippen LogP contribution in [0.25, 0.3) is 28.4 Å². The number of methoxy groups -OCH3 is 1. The van der Waals surface area contributed by atoms with Crippen LogP contribution in [0.15, 0.2) is 42.5 Å². The highest BCUT2D eigenvalue weighted by atomic mass is 16.5. The normalized spacial score (nSPS) is 11.6. The van der Waals surface area contributed by atoms with Crippen LogP contribution >= 0.6 is 0 Å². The molecule has 0 unspecified atom stereocenters. The first-order valence-corrected chi connectivity index (χ1v) is 10.3. The minimum absolute atomic E-state index is 0.374. The molecule has 4 rings (SSSR count). The summed E-state index contributed by atoms with van der Waals surface area (Å²) in [6, 6.07) is 15.8. The molecule has 160 valence electrons. The molecule has 0 spiro atoms. The molecule has 2 aromatic heterocycles. The largest absolute Gasteiger partial charge is 0.465 e. The molecular formula is C26H24N4O2. The molecule has 0 saturated carbocycles. The van der Waals surface area contributed by atoms with E-state index in [1.807, 2.05) is 70.2 Å². The number of nitrogens with zero attached hydrogens (tertiary/aromatic N) is 3. The number of carbonyl (C=O) groups excluding carboxylic acids is 1. The number of benzene rings is 2. The van der Waals surface area contributed by atoms with E-state index in [-0.39, 0.29) is 5.97 Å². The number of rotatable bonds is 4. The Morgan fingerprint density at radius 1 is 1.12 bits per heavy atom. The SMILES string of the molecule is COC(=O)c1ccc(C)c(-n2c(C)cc(C=C(C#N)c3nc4ccc(C)cc4[nH]3)c2C)c1. The Morgan fingerprint density at radius 3 is 2.62 bits per heavy atom. The van der Waals surface area contributed by atoms with Crippen molar-refractivity contribution >= 4 is 28.7 Å². The summed E-state index contributed by atoms with van der Waals surface area (Å²) in [6.07, 6.45) is 1.85. The van der Waals surface area contributed by atoms with Crippen LogP contribution in [-0.4, -0.2) is 27.6 Å². The fourth-order valence-corrected chi connectivity index (χ4v) is 3.96. The molecule has 0 aliphatic heterocycles. The summed E-state index contributed by atoms with van der Waals surface area (Å²) in [7, 11) is 1.37. The summed E-state index contributed by atoms with van der Waals surface area (Å²) in [6.45, 7) is 8.03. The zero-order valence-electron chi connectivity index (χ0n) is 18.8. The van der Waals surface area contributed by atoms with Gasteiger partial charge in [-0.2, -0.15) is 5.26 Å². The molecule has 0 amide bonds. The molecule has 6 heteroatoms. The summed E-state index contributed by atoms with van der Waals surface area (Å²) >= 11 is 0. The summed E-state index contributed by atoms with van der Waals surface area (Å²) in [5.41, 5.74) is 8.62. The second-order valence-corrected chi connectivity index (χ2v) is 7.93. The van der Waals surface area contributed by atoms with E-state index in [0.29, 0.717) is 17.0 Å². The number of aryl methyl sites for hydroxylation is 3. The van der Waals surface area contributed by atoms with Crippen LogP contribution in [0.2, 0.25) is 0 Å². The third kappa shape index (κ3) is 3.69. The third-order valence-electron chi connectivity index (χ3n) is 5.65. The van der Waals surface area contributed by atoms with Gasteiger partial charge in [-0.05, 0) is 80.8 Å². The van der Waals surface area contributed by atoms with Crippen molar-refractivity contribution in [3.63, 3.8) is 0 Å². The number of nitrogens with one attached hydrogen (secondary N) is 1. The number of H-pyrrole nitrogens is 1. The number of carbonyl (C=O) groups is 1. The highest BCUT2D eigenvalue weighted by Gasteiger charge is 2.16. The number of nitriles is 1. The summed E-state index contributed by atoms with van der Waals surface area (Å²) in [4.78, 5) is 19.9. The smallest absolute Gasteiger partial charge is 0.337 e. The number of imidazole rings is 1. The second kappa shape index (κ2) is 8.20. The minimum atomic E-state index is -0.374. The number of hydrogen-bond acceptors (Lipinski definition) is 4. The van der Waals surface area contributed by atoms with Gasteiger partial charge in [0.05, 0.1) is 29.3 Å². The van der Waals surface area contributed by atoms with Crippen molar-refractivity contribution in [2.45, 2.75) is 27.7 Å². The maximum absolute atomic E-state index is 12.0. The number of aromatic amines is 1. The minimum Gasteiger partial charge on any atom is -0.465 e. The van der Waals surface area contributed by atoms with Crippen molar-refractivity contribution in [2.75, 3.05) is 7.11 Å². The van der Waals surface area contributed by atoms with Gasteiger partial charge in [-0.25, -0.2) is 9.78 Å². The number of allylic oxidation sites excluding steroid dienone is 1. The van der Waals surface area contributed by atoms with Crippen LogP contribution in [0.5, 0.6) is 0 Å². The molecule has 2 aromatic carbocycles. The molecule has 0 bridgehead atoms. The van der Waals surface area contributed by atoms with E-state index in [1.54, 1.807) is 6.07 Å². The van der Waals surface area contributed by atoms with Crippen LogP contribution < -0.4 is 0 Å². The van der Waals surface area contributed by atoms with Gasteiger partial charge in [0.1, 0.15) is 11.9 Å². The van der Waals surface area contributed by atoms with Crippen molar-refractivity contribution in [1.82, 2.24) is 14.5 Å². The van der Waals surface area contributed by atoms with Gasteiger partial charge in [-0.15, -0.1) is 0 Å². The van der Waals surface area contributed by atoms with E-state index in [4.69, 9.17) is 4.74 Å². The van der Waals surface area contributed by atoms with E-state index in [2.05, 4.69) is 20.6 Å². The van der Waals surface area contributed by atoms with Gasteiger partial charge in [0.2, 0.25) is 0 Å². The summed E-state index contributed by atoms with van der Waals surface area (Å²) in [5, 5.41) is 9.84. The van der Waals surface area contributed by atoms with Crippen LogP contribution in [0, 0.1) is 39.0 Å². The highest BCUT2D eigenvalue weighted by Crippen LogP contribution is 2.28. The number of ether oxygens (including phenoxy) is 1. The van der Waals surface area contributed by atoms with E-state index < -0.39 is 0 Å². The molecule has 0 radical (unpaired) electrons. The first-order valence-electron chi connectivity index (χ1n) is 10.3. The van der Waals surface area contributed by atoms with Crippen molar-refractivity contribution in [3.8, 4) is 11.8 Å². The fourth-order valence-electron chi connectivity index (χ4n) is 3.96. The molecule has 0 fully saturated rings. The van der Waals surface area contributed by atoms with Crippen LogP contribution in [0.3, 0.4) is 0 Å². The Bertz CT molecular complexity index is 1430. The van der Waals surface area contributed by atoms with Gasteiger partial charge in [0.15, 0.2) is 0 Å². The maximum Gasteiger partial charge on any atom is 0.337 e. The van der Waals surface area contributed by atoms with Crippen LogP contribution in [0.4, 0.5) is 0 Å². The number of hydrogen-bond donors (Lipinski definition) is 1. The molecular weight excluding hydrogens is 400 g/mol. The van der Waals surface area contributed by atoms with Gasteiger partial charge >= 0.3 is 5.97 Å². The van der Waals surface area contributed by atoms with Gasteiger partial charge in [-0.3, -0.25) is 0 Å².